The van der Waals surface area contributed by atoms with Gasteiger partial charge in [0.15, 0.2) is 0 Å². The highest BCUT2D eigenvalue weighted by Gasteiger charge is 2.42. The Hall–Kier alpha value is -0.0400. The van der Waals surface area contributed by atoms with Crippen molar-refractivity contribution in [3.63, 3.8) is 0 Å². The molecule has 0 aromatic rings. The van der Waals surface area contributed by atoms with Crippen LogP contribution in [0.4, 0.5) is 0 Å². The summed E-state index contributed by atoms with van der Waals surface area (Å²) in [6.45, 7) is 2.32. The second-order valence-electron chi connectivity index (χ2n) is 3.13. The van der Waals surface area contributed by atoms with Crippen molar-refractivity contribution in [2.24, 2.45) is 5.92 Å². The van der Waals surface area contributed by atoms with Crippen molar-refractivity contribution in [3.8, 4) is 0 Å². The van der Waals surface area contributed by atoms with E-state index in [2.05, 4.69) is 6.92 Å². The van der Waals surface area contributed by atoms with E-state index in [4.69, 9.17) is 4.74 Å². The molecule has 1 saturated heterocycles. The molecule has 1 heteroatoms. The maximum atomic E-state index is 5.35. The number of rotatable bonds is 0. The third-order valence-corrected chi connectivity index (χ3v) is 2.27. The maximum absolute atomic E-state index is 5.35. The molecule has 2 fully saturated rings. The van der Waals surface area contributed by atoms with Crippen molar-refractivity contribution in [1.29, 1.82) is 0 Å². The highest BCUT2D eigenvalue weighted by Crippen LogP contribution is 2.38. The van der Waals surface area contributed by atoms with Crippen LogP contribution in [0.25, 0.3) is 0 Å². The fraction of sp³-hybridized carbons (Fsp3) is 1.00. The first kappa shape index (κ1) is 4.80. The van der Waals surface area contributed by atoms with Crippen LogP contribution in [0.1, 0.15) is 26.2 Å². The Bertz CT molecular complexity index is 101. The standard InChI is InChI=1S/C7H12O/c1-5-2-3-6-7(4-5)8-6/h5-7H,2-4H2,1H3. The van der Waals surface area contributed by atoms with Crippen LogP contribution in [0, 0.1) is 5.92 Å². The van der Waals surface area contributed by atoms with E-state index in [0.29, 0.717) is 12.2 Å². The molecule has 0 radical (unpaired) electrons. The van der Waals surface area contributed by atoms with Crippen LogP contribution in [0.2, 0.25) is 0 Å². The molecule has 1 heterocycles. The van der Waals surface area contributed by atoms with Gasteiger partial charge in [0, 0.05) is 0 Å². The molecule has 3 unspecified atom stereocenters. The number of epoxide rings is 1. The molecule has 0 bridgehead atoms. The molecule has 2 aliphatic rings. The molecule has 2 rings (SSSR count). The van der Waals surface area contributed by atoms with Crippen LogP contribution in [0.5, 0.6) is 0 Å². The summed E-state index contributed by atoms with van der Waals surface area (Å²) in [4.78, 5) is 0. The minimum atomic E-state index is 0.679. The Morgan fingerprint density at radius 3 is 2.75 bits per heavy atom. The minimum Gasteiger partial charge on any atom is -0.370 e. The zero-order valence-corrected chi connectivity index (χ0v) is 5.26. The van der Waals surface area contributed by atoms with Gasteiger partial charge >= 0.3 is 0 Å². The van der Waals surface area contributed by atoms with Crippen molar-refractivity contribution in [3.05, 3.63) is 0 Å². The monoisotopic (exact) mass is 112 g/mol. The lowest BCUT2D eigenvalue weighted by Crippen LogP contribution is -2.09. The number of hydrogen-bond acceptors (Lipinski definition) is 1. The Morgan fingerprint density at radius 1 is 1.25 bits per heavy atom. The lowest BCUT2D eigenvalue weighted by atomic mass is 9.91. The van der Waals surface area contributed by atoms with Gasteiger partial charge < -0.3 is 4.74 Å². The topological polar surface area (TPSA) is 12.5 Å². The Labute approximate surface area is 50.0 Å². The van der Waals surface area contributed by atoms with Crippen molar-refractivity contribution >= 4 is 0 Å². The third kappa shape index (κ3) is 0.655. The van der Waals surface area contributed by atoms with Gasteiger partial charge in [-0.25, -0.2) is 0 Å². The van der Waals surface area contributed by atoms with Gasteiger partial charge in [0.25, 0.3) is 0 Å². The van der Waals surface area contributed by atoms with Crippen LogP contribution in [0.15, 0.2) is 0 Å². The van der Waals surface area contributed by atoms with Crippen molar-refractivity contribution in [2.75, 3.05) is 0 Å². The molecule has 1 saturated carbocycles. The molecule has 1 nitrogen and oxygen atoms in total. The van der Waals surface area contributed by atoms with E-state index in [0.717, 1.165) is 5.92 Å². The van der Waals surface area contributed by atoms with E-state index < -0.39 is 0 Å². The molecule has 8 heavy (non-hydrogen) atoms. The van der Waals surface area contributed by atoms with Gasteiger partial charge in [-0.3, -0.25) is 0 Å². The number of fused-ring (bicyclic) bond motifs is 1. The summed E-state index contributed by atoms with van der Waals surface area (Å²) in [6, 6.07) is 0. The molecule has 0 spiro atoms. The van der Waals surface area contributed by atoms with Crippen LogP contribution in [0.3, 0.4) is 0 Å². The van der Waals surface area contributed by atoms with Gasteiger partial charge in [0.05, 0.1) is 12.2 Å². The van der Waals surface area contributed by atoms with Gasteiger partial charge in [-0.15, -0.1) is 0 Å². The fourth-order valence-corrected chi connectivity index (χ4v) is 1.60. The number of ether oxygens (including phenoxy) is 1. The minimum absolute atomic E-state index is 0.679. The van der Waals surface area contributed by atoms with Crippen LogP contribution in [-0.2, 0) is 4.74 Å². The predicted octanol–water partition coefficient (Wildman–Crippen LogP) is 1.57. The van der Waals surface area contributed by atoms with Crippen LogP contribution >= 0.6 is 0 Å². The lowest BCUT2D eigenvalue weighted by Gasteiger charge is -2.11. The van der Waals surface area contributed by atoms with Crippen LogP contribution in [-0.4, -0.2) is 12.2 Å². The Balaban J connectivity index is 1.93. The molecule has 1 aliphatic carbocycles. The smallest absolute Gasteiger partial charge is 0.0844 e. The normalized spacial score (nSPS) is 52.9. The van der Waals surface area contributed by atoms with Gasteiger partial charge in [-0.2, -0.15) is 0 Å². The SMILES string of the molecule is CC1CCC2OC2C1. The molecule has 0 aromatic heterocycles. The number of hydrogen-bond donors (Lipinski definition) is 0. The van der Waals surface area contributed by atoms with Crippen molar-refractivity contribution in [2.45, 2.75) is 38.4 Å². The molecule has 0 N–H and O–H groups in total. The van der Waals surface area contributed by atoms with E-state index in [1.54, 1.807) is 0 Å². The van der Waals surface area contributed by atoms with Gasteiger partial charge in [-0.05, 0) is 25.2 Å². The van der Waals surface area contributed by atoms with E-state index in [1.807, 2.05) is 0 Å². The Kier molecular flexibility index (Phi) is 0.884. The summed E-state index contributed by atoms with van der Waals surface area (Å²) >= 11 is 0. The molecule has 46 valence electrons. The van der Waals surface area contributed by atoms with E-state index in [1.165, 1.54) is 19.3 Å². The second-order valence-corrected chi connectivity index (χ2v) is 3.13. The highest BCUT2D eigenvalue weighted by atomic mass is 16.6. The summed E-state index contributed by atoms with van der Waals surface area (Å²) in [5, 5.41) is 0. The first-order valence-electron chi connectivity index (χ1n) is 3.52. The zero-order valence-electron chi connectivity index (χ0n) is 5.26. The average molecular weight is 112 g/mol. The highest BCUT2D eigenvalue weighted by molar-refractivity contribution is 4.90. The van der Waals surface area contributed by atoms with Crippen molar-refractivity contribution in [1.82, 2.24) is 0 Å². The van der Waals surface area contributed by atoms with E-state index in [9.17, 15) is 0 Å². The molecule has 3 atom stereocenters. The molecular formula is C7H12O. The zero-order chi connectivity index (χ0) is 5.56. The largest absolute Gasteiger partial charge is 0.370 e. The summed E-state index contributed by atoms with van der Waals surface area (Å²) < 4.78 is 5.35. The second kappa shape index (κ2) is 1.47. The summed E-state index contributed by atoms with van der Waals surface area (Å²) in [6.07, 6.45) is 5.41. The average Bonchev–Trinajstić information content (AvgIpc) is 2.43. The Morgan fingerprint density at radius 2 is 2.12 bits per heavy atom. The van der Waals surface area contributed by atoms with Gasteiger partial charge in [-0.1, -0.05) is 6.92 Å². The van der Waals surface area contributed by atoms with Gasteiger partial charge in [0.2, 0.25) is 0 Å². The van der Waals surface area contributed by atoms with Crippen molar-refractivity contribution < 1.29 is 4.74 Å². The quantitative estimate of drug-likeness (QED) is 0.433. The molecule has 1 aliphatic heterocycles. The summed E-state index contributed by atoms with van der Waals surface area (Å²) in [5.74, 6) is 0.929. The molecular weight excluding hydrogens is 100 g/mol. The predicted molar refractivity (Wildman–Crippen MR) is 31.7 cm³/mol. The summed E-state index contributed by atoms with van der Waals surface area (Å²) in [7, 11) is 0. The first-order valence-corrected chi connectivity index (χ1v) is 3.52. The lowest BCUT2D eigenvalue weighted by molar-refractivity contribution is 0.367. The third-order valence-electron chi connectivity index (χ3n) is 2.27. The van der Waals surface area contributed by atoms with Crippen LogP contribution < -0.4 is 0 Å². The van der Waals surface area contributed by atoms with E-state index in [-0.39, 0.29) is 0 Å². The van der Waals surface area contributed by atoms with E-state index >= 15 is 0 Å². The molecule has 0 amide bonds. The first-order chi connectivity index (χ1) is 3.86. The fourth-order valence-electron chi connectivity index (χ4n) is 1.60. The van der Waals surface area contributed by atoms with Gasteiger partial charge in [0.1, 0.15) is 0 Å². The molecule has 0 aromatic carbocycles. The summed E-state index contributed by atoms with van der Waals surface area (Å²) in [5.41, 5.74) is 0. The maximum Gasteiger partial charge on any atom is 0.0844 e.